The normalized spacial score (nSPS) is 9.25. The molecular formula is C24H24N2O10. The molecule has 0 heterocycles. The van der Waals surface area contributed by atoms with Crippen LogP contribution in [0.25, 0.3) is 0 Å². The summed E-state index contributed by atoms with van der Waals surface area (Å²) in [6.07, 6.45) is 0.675. The fourth-order valence-corrected chi connectivity index (χ4v) is 1.99. The molecule has 0 spiro atoms. The zero-order valence-electron chi connectivity index (χ0n) is 19.1. The molecule has 0 aliphatic heterocycles. The first kappa shape index (κ1) is 29.0. The molecule has 0 fully saturated rings. The quantitative estimate of drug-likeness (QED) is 0.122. The van der Waals surface area contributed by atoms with Crippen molar-refractivity contribution in [3.8, 4) is 11.5 Å². The van der Waals surface area contributed by atoms with Gasteiger partial charge in [0.15, 0.2) is 11.5 Å². The van der Waals surface area contributed by atoms with Gasteiger partial charge < -0.3 is 14.2 Å². The smallest absolute Gasteiger partial charge is 0.411 e. The highest BCUT2D eigenvalue weighted by Crippen LogP contribution is 2.16. The maximum absolute atomic E-state index is 11.5. The largest absolute Gasteiger partial charge is 0.459 e. The third-order valence-electron chi connectivity index (χ3n) is 3.55. The van der Waals surface area contributed by atoms with E-state index in [4.69, 9.17) is 9.62 Å². The van der Waals surface area contributed by atoms with E-state index in [1.165, 1.54) is 48.5 Å². The lowest BCUT2D eigenvalue weighted by atomic mass is 10.3. The summed E-state index contributed by atoms with van der Waals surface area (Å²) < 4.78 is 14.0. The molecule has 0 aliphatic carbocycles. The lowest BCUT2D eigenvalue weighted by Gasteiger charge is -2.08. The summed E-state index contributed by atoms with van der Waals surface area (Å²) in [5.41, 5.74) is 0.957. The first-order valence-electron chi connectivity index (χ1n) is 10.1. The van der Waals surface area contributed by atoms with E-state index in [1.807, 2.05) is 0 Å². The van der Waals surface area contributed by atoms with Crippen molar-refractivity contribution in [2.45, 2.75) is 0 Å². The van der Waals surface area contributed by atoms with Crippen molar-refractivity contribution in [3.05, 3.63) is 80.8 Å². The molecule has 12 nitrogen and oxygen atoms in total. The molecule has 2 aromatic carbocycles. The summed E-state index contributed by atoms with van der Waals surface area (Å²) >= 11 is 0. The highest BCUT2D eigenvalue weighted by atomic mass is 17.2. The van der Waals surface area contributed by atoms with Gasteiger partial charge >= 0.3 is 24.1 Å². The van der Waals surface area contributed by atoms with E-state index in [0.29, 0.717) is 11.4 Å². The number of nitrogens with one attached hydrogen (secondary N) is 2. The molecule has 0 unspecified atom stereocenters. The molecule has 2 aromatic rings. The molecule has 0 bridgehead atoms. The van der Waals surface area contributed by atoms with Crippen LogP contribution in [-0.2, 0) is 33.8 Å². The Hall–Kier alpha value is -5.00. The van der Waals surface area contributed by atoms with E-state index in [2.05, 4.69) is 45.1 Å². The zero-order chi connectivity index (χ0) is 26.8. The molecule has 2 radical (unpaired) electrons. The van der Waals surface area contributed by atoms with E-state index in [1.54, 1.807) is 0 Å². The Labute approximate surface area is 207 Å². The molecule has 36 heavy (non-hydrogen) atoms. The Bertz CT molecular complexity index is 1020. The number of carbonyl (C=O) groups is 4. The first-order chi connectivity index (χ1) is 17.3. The third kappa shape index (κ3) is 12.9. The molecule has 190 valence electrons. The van der Waals surface area contributed by atoms with Crippen LogP contribution >= 0.6 is 0 Å². The van der Waals surface area contributed by atoms with Crippen molar-refractivity contribution in [2.24, 2.45) is 0 Å². The van der Waals surface area contributed by atoms with E-state index in [-0.39, 0.29) is 31.3 Å². The van der Waals surface area contributed by atoms with Gasteiger partial charge in [-0.05, 0) is 55.5 Å². The summed E-state index contributed by atoms with van der Waals surface area (Å²) in [6.45, 7) is 9.70. The van der Waals surface area contributed by atoms with Gasteiger partial charge in [-0.2, -0.15) is 0 Å². The molecule has 0 aromatic heterocycles. The molecule has 0 saturated carbocycles. The second kappa shape index (κ2) is 16.6. The number of hydrogen-bond acceptors (Lipinski definition) is 9. The fourth-order valence-electron chi connectivity index (χ4n) is 1.99. The highest BCUT2D eigenvalue weighted by molar-refractivity contribution is 5.85. The summed E-state index contributed by atoms with van der Waals surface area (Å²) in [7, 11) is 0. The van der Waals surface area contributed by atoms with E-state index in [9.17, 15) is 24.3 Å². The Morgan fingerprint density at radius 2 is 1.22 bits per heavy atom. The Morgan fingerprint density at radius 3 is 1.75 bits per heavy atom. The number of hydrogen-bond donors (Lipinski definition) is 2. The average Bonchev–Trinajstić information content (AvgIpc) is 2.87. The standard InChI is InChI=1S/C15H15NO7.C9H9NO3/c1-3-13(17)20-9-10-21-15(19)16-11-5-7-12(8-6-11)22-23-14(18)4-2;1-2-13-9(12)10-7-3-5-8(11)6-4-7/h3-8H,1-2,9-10H2,(H,16,19);3-6H,1-2H2,(H,10,12). The molecule has 2 N–H and O–H groups in total. The number of amides is 2. The minimum Gasteiger partial charge on any atom is -0.459 e. The lowest BCUT2D eigenvalue weighted by Crippen LogP contribution is -2.17. The van der Waals surface area contributed by atoms with Crippen LogP contribution in [0.15, 0.2) is 73.8 Å². The van der Waals surface area contributed by atoms with Gasteiger partial charge in [-0.1, -0.05) is 13.2 Å². The van der Waals surface area contributed by atoms with Crippen molar-refractivity contribution in [3.63, 3.8) is 0 Å². The van der Waals surface area contributed by atoms with Crippen LogP contribution in [0.3, 0.4) is 0 Å². The first-order valence-corrected chi connectivity index (χ1v) is 10.1. The molecule has 0 aliphatic rings. The van der Waals surface area contributed by atoms with Crippen molar-refractivity contribution >= 4 is 35.5 Å². The summed E-state index contributed by atoms with van der Waals surface area (Å²) in [5, 5.41) is 15.6. The van der Waals surface area contributed by atoms with Gasteiger partial charge in [-0.3, -0.25) is 20.6 Å². The highest BCUT2D eigenvalue weighted by Gasteiger charge is 2.05. The van der Waals surface area contributed by atoms with Crippen molar-refractivity contribution in [1.82, 2.24) is 0 Å². The number of carbonyl (C=O) groups excluding carboxylic acids is 4. The average molecular weight is 500 g/mol. The van der Waals surface area contributed by atoms with Crippen LogP contribution in [0.1, 0.15) is 0 Å². The van der Waals surface area contributed by atoms with Crippen molar-refractivity contribution < 1.29 is 48.3 Å². The van der Waals surface area contributed by atoms with Crippen molar-refractivity contribution in [2.75, 3.05) is 30.5 Å². The molecule has 2 amide bonds. The van der Waals surface area contributed by atoms with Gasteiger partial charge in [0.05, 0.1) is 6.61 Å². The minimum atomic E-state index is -0.729. The van der Waals surface area contributed by atoms with Gasteiger partial charge in [0.2, 0.25) is 0 Å². The second-order valence-electron chi connectivity index (χ2n) is 6.13. The van der Waals surface area contributed by atoms with E-state index in [0.717, 1.165) is 12.2 Å². The molecular weight excluding hydrogens is 476 g/mol. The van der Waals surface area contributed by atoms with Crippen molar-refractivity contribution in [1.29, 1.82) is 0 Å². The van der Waals surface area contributed by atoms with Crippen LogP contribution in [-0.4, -0.2) is 43.9 Å². The SMILES string of the molecule is C=CC(=O)OCCOC(=O)Nc1ccc(OOC(=O)C=C)cc1.[CH2]COC(=O)Nc1ccc([O])cc1. The van der Waals surface area contributed by atoms with Gasteiger partial charge in [0.1, 0.15) is 13.2 Å². The number of rotatable bonds is 10. The number of benzene rings is 2. The predicted octanol–water partition coefficient (Wildman–Crippen LogP) is 4.20. The molecule has 0 atom stereocenters. The van der Waals surface area contributed by atoms with Crippen LogP contribution < -0.4 is 15.5 Å². The van der Waals surface area contributed by atoms with Gasteiger partial charge in [0.25, 0.3) is 0 Å². The zero-order valence-corrected chi connectivity index (χ0v) is 19.1. The maximum Gasteiger partial charge on any atom is 0.411 e. The number of esters is 1. The topological polar surface area (TPSA) is 158 Å². The molecule has 12 heteroatoms. The van der Waals surface area contributed by atoms with Crippen LogP contribution in [0, 0.1) is 6.92 Å². The maximum atomic E-state index is 11.5. The Balaban J connectivity index is 0.000000420. The van der Waals surface area contributed by atoms with Gasteiger partial charge in [0, 0.05) is 23.5 Å². The van der Waals surface area contributed by atoms with Crippen LogP contribution in [0.4, 0.5) is 21.0 Å². The Kier molecular flexibility index (Phi) is 13.4. The van der Waals surface area contributed by atoms with E-state index >= 15 is 0 Å². The van der Waals surface area contributed by atoms with Crippen LogP contribution in [0.2, 0.25) is 0 Å². The minimum absolute atomic E-state index is 0.0697. The predicted molar refractivity (Wildman–Crippen MR) is 126 cm³/mol. The number of ether oxygens (including phenoxy) is 3. The fraction of sp³-hybridized carbons (Fsp3) is 0.125. The molecule has 0 saturated heterocycles. The monoisotopic (exact) mass is 500 g/mol. The van der Waals surface area contributed by atoms with Crippen LogP contribution in [0.5, 0.6) is 11.5 Å². The lowest BCUT2D eigenvalue weighted by molar-refractivity contribution is -0.207. The van der Waals surface area contributed by atoms with E-state index < -0.39 is 24.1 Å². The van der Waals surface area contributed by atoms with Gasteiger partial charge in [-0.15, -0.1) is 0 Å². The summed E-state index contributed by atoms with van der Waals surface area (Å²) in [5.74, 6) is -1.17. The third-order valence-corrected chi connectivity index (χ3v) is 3.55. The Morgan fingerprint density at radius 1 is 0.722 bits per heavy atom. The summed E-state index contributed by atoms with van der Waals surface area (Å²) in [4.78, 5) is 52.9. The second-order valence-corrected chi connectivity index (χ2v) is 6.13. The number of anilines is 2. The van der Waals surface area contributed by atoms with Gasteiger partial charge in [-0.25, -0.2) is 24.1 Å². The molecule has 2 rings (SSSR count). The summed E-state index contributed by atoms with van der Waals surface area (Å²) in [6, 6.07) is 11.7.